The van der Waals surface area contributed by atoms with Crippen LogP contribution in [-0.2, 0) is 16.1 Å². The number of halogens is 1. The van der Waals surface area contributed by atoms with Crippen LogP contribution < -0.4 is 24.8 Å². The number of rotatable bonds is 9. The van der Waals surface area contributed by atoms with Crippen molar-refractivity contribution < 1.29 is 23.7 Å². The molecule has 7 nitrogen and oxygen atoms in total. The lowest BCUT2D eigenvalue weighted by Crippen LogP contribution is -2.36. The molecule has 0 aromatic heterocycles. The molecular formula is C17H27ClN2O5. The van der Waals surface area contributed by atoms with Gasteiger partial charge in [-0.05, 0) is 30.5 Å². The average molecular weight is 375 g/mol. The molecule has 1 fully saturated rings. The van der Waals surface area contributed by atoms with E-state index in [4.69, 9.17) is 18.9 Å². The number of ether oxygens (including phenoxy) is 4. The fourth-order valence-corrected chi connectivity index (χ4v) is 2.65. The number of hydrogen-bond donors (Lipinski definition) is 2. The van der Waals surface area contributed by atoms with E-state index in [9.17, 15) is 4.79 Å². The van der Waals surface area contributed by atoms with Crippen molar-refractivity contribution in [3.05, 3.63) is 17.7 Å². The van der Waals surface area contributed by atoms with Crippen LogP contribution in [0.2, 0.25) is 0 Å². The fraction of sp³-hybridized carbons (Fsp3) is 0.588. The van der Waals surface area contributed by atoms with E-state index >= 15 is 0 Å². The van der Waals surface area contributed by atoms with Crippen LogP contribution in [0.25, 0.3) is 0 Å². The van der Waals surface area contributed by atoms with Crippen LogP contribution in [0.15, 0.2) is 12.1 Å². The lowest BCUT2D eigenvalue weighted by Gasteiger charge is -2.15. The van der Waals surface area contributed by atoms with Crippen LogP contribution in [0, 0.1) is 0 Å². The minimum atomic E-state index is -0.0678. The van der Waals surface area contributed by atoms with Crippen molar-refractivity contribution in [1.29, 1.82) is 0 Å². The van der Waals surface area contributed by atoms with Crippen molar-refractivity contribution in [3.8, 4) is 17.2 Å². The monoisotopic (exact) mass is 374 g/mol. The highest BCUT2D eigenvalue weighted by atomic mass is 35.5. The summed E-state index contributed by atoms with van der Waals surface area (Å²) in [5.41, 5.74) is 0.872. The van der Waals surface area contributed by atoms with Gasteiger partial charge < -0.3 is 29.6 Å². The zero-order valence-corrected chi connectivity index (χ0v) is 15.7. The molecule has 1 heterocycles. The van der Waals surface area contributed by atoms with Crippen LogP contribution >= 0.6 is 12.4 Å². The van der Waals surface area contributed by atoms with Crippen LogP contribution in [0.3, 0.4) is 0 Å². The Labute approximate surface area is 154 Å². The van der Waals surface area contributed by atoms with Crippen molar-refractivity contribution in [2.75, 3.05) is 41.0 Å². The molecule has 0 bridgehead atoms. The normalized spacial score (nSPS) is 16.0. The van der Waals surface area contributed by atoms with E-state index in [2.05, 4.69) is 10.6 Å². The minimum Gasteiger partial charge on any atom is -0.493 e. The quantitative estimate of drug-likeness (QED) is 0.682. The third-order valence-electron chi connectivity index (χ3n) is 3.90. The largest absolute Gasteiger partial charge is 0.493 e. The van der Waals surface area contributed by atoms with Gasteiger partial charge in [0.1, 0.15) is 0 Å². The summed E-state index contributed by atoms with van der Waals surface area (Å²) in [5, 5.41) is 5.99. The maximum absolute atomic E-state index is 11.9. The van der Waals surface area contributed by atoms with Gasteiger partial charge in [-0.25, -0.2) is 0 Å². The van der Waals surface area contributed by atoms with Gasteiger partial charge in [-0.15, -0.1) is 12.4 Å². The summed E-state index contributed by atoms with van der Waals surface area (Å²) in [4.78, 5) is 11.9. The van der Waals surface area contributed by atoms with Crippen LogP contribution in [0.4, 0.5) is 0 Å². The van der Waals surface area contributed by atoms with E-state index in [0.29, 0.717) is 30.3 Å². The molecule has 25 heavy (non-hydrogen) atoms. The molecule has 1 aromatic rings. The predicted molar refractivity (Wildman–Crippen MR) is 97.0 cm³/mol. The first-order valence-electron chi connectivity index (χ1n) is 8.05. The molecule has 1 amide bonds. The van der Waals surface area contributed by atoms with E-state index in [-0.39, 0.29) is 31.0 Å². The fourth-order valence-electron chi connectivity index (χ4n) is 2.65. The molecule has 0 radical (unpaired) electrons. The van der Waals surface area contributed by atoms with Gasteiger partial charge >= 0.3 is 0 Å². The van der Waals surface area contributed by atoms with Crippen LogP contribution in [0.5, 0.6) is 17.2 Å². The molecule has 1 aliphatic rings. The van der Waals surface area contributed by atoms with E-state index in [1.54, 1.807) is 21.3 Å². The van der Waals surface area contributed by atoms with Crippen molar-refractivity contribution in [1.82, 2.24) is 10.6 Å². The second-order valence-electron chi connectivity index (χ2n) is 5.58. The number of carbonyl (C=O) groups excluding carboxylic acids is 1. The zero-order valence-electron chi connectivity index (χ0n) is 14.9. The second kappa shape index (κ2) is 11.0. The first-order chi connectivity index (χ1) is 11.7. The smallest absolute Gasteiger partial charge is 0.234 e. The van der Waals surface area contributed by atoms with Gasteiger partial charge in [0.15, 0.2) is 11.5 Å². The molecule has 1 atom stereocenters. The Morgan fingerprint density at radius 3 is 2.40 bits per heavy atom. The highest BCUT2D eigenvalue weighted by molar-refractivity contribution is 5.85. The highest BCUT2D eigenvalue weighted by Gasteiger charge is 2.16. The number of amides is 1. The summed E-state index contributed by atoms with van der Waals surface area (Å²) in [6.07, 6.45) is 2.38. The van der Waals surface area contributed by atoms with E-state index in [0.717, 1.165) is 25.0 Å². The molecule has 0 aliphatic carbocycles. The topological polar surface area (TPSA) is 78.1 Å². The first kappa shape index (κ1) is 21.3. The lowest BCUT2D eigenvalue weighted by atomic mass is 10.1. The standard InChI is InChI=1S/C17H26N2O5.ClH/c1-21-14-7-12(8-15(22-2)17(14)23-3)9-19-16(20)11-18-10-13-5-4-6-24-13;/h7-8,13,18H,4-6,9-11H2,1-3H3,(H,19,20);1H. The number of hydrogen-bond acceptors (Lipinski definition) is 6. The third-order valence-corrected chi connectivity index (χ3v) is 3.90. The van der Waals surface area contributed by atoms with Gasteiger partial charge in [-0.1, -0.05) is 0 Å². The Balaban J connectivity index is 0.00000312. The molecule has 8 heteroatoms. The maximum atomic E-state index is 11.9. The van der Waals surface area contributed by atoms with Crippen molar-refractivity contribution in [3.63, 3.8) is 0 Å². The van der Waals surface area contributed by atoms with Gasteiger partial charge in [-0.2, -0.15) is 0 Å². The Morgan fingerprint density at radius 1 is 1.20 bits per heavy atom. The zero-order chi connectivity index (χ0) is 17.4. The predicted octanol–water partition coefficient (Wildman–Crippen LogP) is 1.52. The number of nitrogens with one attached hydrogen (secondary N) is 2. The van der Waals surface area contributed by atoms with Crippen LogP contribution in [-0.4, -0.2) is 53.0 Å². The summed E-state index contributed by atoms with van der Waals surface area (Å²) >= 11 is 0. The van der Waals surface area contributed by atoms with Crippen LogP contribution in [0.1, 0.15) is 18.4 Å². The maximum Gasteiger partial charge on any atom is 0.234 e. The van der Waals surface area contributed by atoms with Gasteiger partial charge in [0, 0.05) is 19.7 Å². The summed E-state index contributed by atoms with van der Waals surface area (Å²) in [5.74, 6) is 1.60. The summed E-state index contributed by atoms with van der Waals surface area (Å²) in [6.45, 7) is 2.18. The molecule has 2 rings (SSSR count). The van der Waals surface area contributed by atoms with Gasteiger partial charge in [0.05, 0.1) is 34.0 Å². The van der Waals surface area contributed by atoms with E-state index < -0.39 is 0 Å². The molecule has 1 aromatic carbocycles. The van der Waals surface area contributed by atoms with Gasteiger partial charge in [0.25, 0.3) is 0 Å². The summed E-state index contributed by atoms with van der Waals surface area (Å²) < 4.78 is 21.4. The molecular weight excluding hydrogens is 348 g/mol. The summed E-state index contributed by atoms with van der Waals surface area (Å²) in [7, 11) is 4.69. The molecule has 1 unspecified atom stereocenters. The number of carbonyl (C=O) groups is 1. The molecule has 0 spiro atoms. The number of benzene rings is 1. The number of methoxy groups -OCH3 is 3. The first-order valence-corrected chi connectivity index (χ1v) is 8.05. The SMILES string of the molecule is COc1cc(CNC(=O)CNCC2CCCO2)cc(OC)c1OC.Cl. The molecule has 1 saturated heterocycles. The molecule has 1 aliphatic heterocycles. The van der Waals surface area contributed by atoms with E-state index in [1.165, 1.54) is 0 Å². The average Bonchev–Trinajstić information content (AvgIpc) is 3.12. The summed E-state index contributed by atoms with van der Waals surface area (Å²) in [6, 6.07) is 3.64. The second-order valence-corrected chi connectivity index (χ2v) is 5.58. The Morgan fingerprint density at radius 2 is 1.88 bits per heavy atom. The van der Waals surface area contributed by atoms with Crippen molar-refractivity contribution in [2.45, 2.75) is 25.5 Å². The van der Waals surface area contributed by atoms with Crippen molar-refractivity contribution in [2.24, 2.45) is 0 Å². The highest BCUT2D eigenvalue weighted by Crippen LogP contribution is 2.38. The van der Waals surface area contributed by atoms with E-state index in [1.807, 2.05) is 12.1 Å². The van der Waals surface area contributed by atoms with Crippen molar-refractivity contribution >= 4 is 18.3 Å². The Hall–Kier alpha value is -1.70. The Bertz CT molecular complexity index is 525. The van der Waals surface area contributed by atoms with Gasteiger partial charge in [0.2, 0.25) is 11.7 Å². The molecule has 0 saturated carbocycles. The molecule has 142 valence electrons. The molecule has 2 N–H and O–H groups in total. The lowest BCUT2D eigenvalue weighted by molar-refractivity contribution is -0.120. The minimum absolute atomic E-state index is 0. The Kier molecular flexibility index (Phi) is 9.41. The van der Waals surface area contributed by atoms with Gasteiger partial charge in [-0.3, -0.25) is 4.79 Å². The third kappa shape index (κ3) is 6.26.